The molecule has 3 heteroatoms. The molecule has 0 aromatic heterocycles. The SMILES string of the molecule is CNC1CCCN(C(=O)C2(C)CCCC2)C1. The van der Waals surface area contributed by atoms with Gasteiger partial charge in [-0.15, -0.1) is 0 Å². The molecule has 1 amide bonds. The second-order valence-corrected chi connectivity index (χ2v) is 5.65. The molecular formula is C13H24N2O. The number of hydrogen-bond donors (Lipinski definition) is 1. The maximum absolute atomic E-state index is 12.5. The van der Waals surface area contributed by atoms with E-state index in [0.29, 0.717) is 11.9 Å². The van der Waals surface area contributed by atoms with Crippen LogP contribution in [0.2, 0.25) is 0 Å². The lowest BCUT2D eigenvalue weighted by Gasteiger charge is -2.37. The van der Waals surface area contributed by atoms with Crippen molar-refractivity contribution >= 4 is 5.91 Å². The van der Waals surface area contributed by atoms with Crippen LogP contribution in [0.3, 0.4) is 0 Å². The highest BCUT2D eigenvalue weighted by molar-refractivity contribution is 5.82. The highest BCUT2D eigenvalue weighted by atomic mass is 16.2. The van der Waals surface area contributed by atoms with E-state index in [0.717, 1.165) is 32.4 Å². The molecule has 16 heavy (non-hydrogen) atoms. The molecule has 0 aromatic carbocycles. The van der Waals surface area contributed by atoms with Crippen molar-refractivity contribution < 1.29 is 4.79 Å². The Kier molecular flexibility index (Phi) is 3.53. The first-order valence-electron chi connectivity index (χ1n) is 6.62. The molecule has 0 aromatic rings. The van der Waals surface area contributed by atoms with Gasteiger partial charge >= 0.3 is 0 Å². The Hall–Kier alpha value is -0.570. The third kappa shape index (κ3) is 2.24. The van der Waals surface area contributed by atoms with Gasteiger partial charge in [0.1, 0.15) is 0 Å². The molecule has 3 nitrogen and oxygen atoms in total. The summed E-state index contributed by atoms with van der Waals surface area (Å²) < 4.78 is 0. The number of nitrogens with zero attached hydrogens (tertiary/aromatic N) is 1. The van der Waals surface area contributed by atoms with Crippen molar-refractivity contribution in [3.63, 3.8) is 0 Å². The lowest BCUT2D eigenvalue weighted by Crippen LogP contribution is -2.50. The van der Waals surface area contributed by atoms with E-state index in [1.54, 1.807) is 0 Å². The van der Waals surface area contributed by atoms with Crippen molar-refractivity contribution in [3.8, 4) is 0 Å². The van der Waals surface area contributed by atoms with Crippen molar-refractivity contribution in [1.82, 2.24) is 10.2 Å². The highest BCUT2D eigenvalue weighted by Gasteiger charge is 2.40. The number of carbonyl (C=O) groups is 1. The van der Waals surface area contributed by atoms with Crippen LogP contribution in [-0.2, 0) is 4.79 Å². The number of likely N-dealkylation sites (tertiary alicyclic amines) is 1. The van der Waals surface area contributed by atoms with Gasteiger partial charge < -0.3 is 10.2 Å². The predicted octanol–water partition coefficient (Wildman–Crippen LogP) is 1.78. The number of hydrogen-bond acceptors (Lipinski definition) is 2. The predicted molar refractivity (Wildman–Crippen MR) is 65.2 cm³/mol. The molecule has 2 fully saturated rings. The third-order valence-electron chi connectivity index (χ3n) is 4.34. The quantitative estimate of drug-likeness (QED) is 0.775. The van der Waals surface area contributed by atoms with Gasteiger partial charge in [-0.05, 0) is 32.7 Å². The zero-order valence-corrected chi connectivity index (χ0v) is 10.6. The molecule has 92 valence electrons. The Morgan fingerprint density at radius 1 is 1.31 bits per heavy atom. The van der Waals surface area contributed by atoms with Crippen LogP contribution < -0.4 is 5.32 Å². The molecule has 0 radical (unpaired) electrons. The largest absolute Gasteiger partial charge is 0.341 e. The van der Waals surface area contributed by atoms with Crippen molar-refractivity contribution in [2.45, 2.75) is 51.5 Å². The van der Waals surface area contributed by atoms with Gasteiger partial charge in [-0.25, -0.2) is 0 Å². The number of amides is 1. The van der Waals surface area contributed by atoms with Crippen LogP contribution in [0.4, 0.5) is 0 Å². The fourth-order valence-corrected chi connectivity index (χ4v) is 3.15. The van der Waals surface area contributed by atoms with Gasteiger partial charge in [0.2, 0.25) is 5.91 Å². The maximum atomic E-state index is 12.5. The fourth-order valence-electron chi connectivity index (χ4n) is 3.15. The standard InChI is InChI=1S/C13H24N2O/c1-13(7-3-4-8-13)12(16)15-9-5-6-11(10-15)14-2/h11,14H,3-10H2,1-2H3. The minimum absolute atomic E-state index is 0.0460. The number of nitrogens with one attached hydrogen (secondary N) is 1. The molecule has 0 spiro atoms. The molecule has 2 rings (SSSR count). The molecule has 1 aliphatic carbocycles. The first-order valence-corrected chi connectivity index (χ1v) is 6.62. The van der Waals surface area contributed by atoms with Gasteiger partial charge in [-0.3, -0.25) is 4.79 Å². The van der Waals surface area contributed by atoms with Crippen molar-refractivity contribution in [3.05, 3.63) is 0 Å². The van der Waals surface area contributed by atoms with E-state index in [-0.39, 0.29) is 5.41 Å². The van der Waals surface area contributed by atoms with Crippen LogP contribution in [0.15, 0.2) is 0 Å². The third-order valence-corrected chi connectivity index (χ3v) is 4.34. The topological polar surface area (TPSA) is 32.3 Å². The smallest absolute Gasteiger partial charge is 0.228 e. The zero-order valence-electron chi connectivity index (χ0n) is 10.6. The lowest BCUT2D eigenvalue weighted by atomic mass is 9.86. The normalized spacial score (nSPS) is 29.4. The van der Waals surface area contributed by atoms with Crippen LogP contribution in [-0.4, -0.2) is 37.0 Å². The Balaban J connectivity index is 1.98. The van der Waals surface area contributed by atoms with E-state index in [4.69, 9.17) is 0 Å². The van der Waals surface area contributed by atoms with Crippen LogP contribution in [0, 0.1) is 5.41 Å². The molecule has 1 N–H and O–H groups in total. The van der Waals surface area contributed by atoms with E-state index in [1.165, 1.54) is 19.3 Å². The van der Waals surface area contributed by atoms with Gasteiger partial charge in [0.15, 0.2) is 0 Å². The van der Waals surface area contributed by atoms with Gasteiger partial charge in [-0.1, -0.05) is 19.8 Å². The molecule has 1 atom stereocenters. The molecule has 1 heterocycles. The summed E-state index contributed by atoms with van der Waals surface area (Å²) in [7, 11) is 2.00. The highest BCUT2D eigenvalue weighted by Crippen LogP contribution is 2.39. The molecular weight excluding hydrogens is 200 g/mol. The Morgan fingerprint density at radius 3 is 2.62 bits per heavy atom. The molecule has 1 saturated heterocycles. The van der Waals surface area contributed by atoms with E-state index in [1.807, 2.05) is 7.05 Å². The average molecular weight is 224 g/mol. The van der Waals surface area contributed by atoms with Crippen molar-refractivity contribution in [1.29, 1.82) is 0 Å². The number of likely N-dealkylation sites (N-methyl/N-ethyl adjacent to an activating group) is 1. The summed E-state index contributed by atoms with van der Waals surface area (Å²) in [6, 6.07) is 0.503. The summed E-state index contributed by atoms with van der Waals surface area (Å²) in [5, 5.41) is 3.30. The fraction of sp³-hybridized carbons (Fsp3) is 0.923. The van der Waals surface area contributed by atoms with Crippen LogP contribution in [0.25, 0.3) is 0 Å². The summed E-state index contributed by atoms with van der Waals surface area (Å²) in [6.07, 6.45) is 6.99. The van der Waals surface area contributed by atoms with Crippen LogP contribution in [0.5, 0.6) is 0 Å². The van der Waals surface area contributed by atoms with E-state index >= 15 is 0 Å². The van der Waals surface area contributed by atoms with Gasteiger partial charge in [0.25, 0.3) is 0 Å². The zero-order chi connectivity index (χ0) is 11.6. The second-order valence-electron chi connectivity index (χ2n) is 5.65. The van der Waals surface area contributed by atoms with Gasteiger partial charge in [-0.2, -0.15) is 0 Å². The summed E-state index contributed by atoms with van der Waals surface area (Å²) in [6.45, 7) is 4.03. The summed E-state index contributed by atoms with van der Waals surface area (Å²) in [5.41, 5.74) is -0.0460. The molecule has 2 aliphatic rings. The van der Waals surface area contributed by atoms with E-state index in [2.05, 4.69) is 17.1 Å². The summed E-state index contributed by atoms with van der Waals surface area (Å²) >= 11 is 0. The molecule has 1 unspecified atom stereocenters. The average Bonchev–Trinajstić information content (AvgIpc) is 2.76. The monoisotopic (exact) mass is 224 g/mol. The van der Waals surface area contributed by atoms with Gasteiger partial charge in [0.05, 0.1) is 0 Å². The molecule has 1 saturated carbocycles. The van der Waals surface area contributed by atoms with E-state index in [9.17, 15) is 4.79 Å². The minimum Gasteiger partial charge on any atom is -0.341 e. The maximum Gasteiger partial charge on any atom is 0.228 e. The number of rotatable bonds is 2. The van der Waals surface area contributed by atoms with Gasteiger partial charge in [0, 0.05) is 24.5 Å². The van der Waals surface area contributed by atoms with Crippen LogP contribution >= 0.6 is 0 Å². The number of piperidine rings is 1. The first kappa shape index (κ1) is 11.9. The summed E-state index contributed by atoms with van der Waals surface area (Å²) in [4.78, 5) is 14.6. The summed E-state index contributed by atoms with van der Waals surface area (Å²) in [5.74, 6) is 0.407. The first-order chi connectivity index (χ1) is 7.65. The lowest BCUT2D eigenvalue weighted by molar-refractivity contribution is -0.142. The van der Waals surface area contributed by atoms with Crippen LogP contribution in [0.1, 0.15) is 45.4 Å². The Morgan fingerprint density at radius 2 is 2.00 bits per heavy atom. The molecule has 1 aliphatic heterocycles. The van der Waals surface area contributed by atoms with E-state index < -0.39 is 0 Å². The van der Waals surface area contributed by atoms with Crippen molar-refractivity contribution in [2.75, 3.05) is 20.1 Å². The molecule has 0 bridgehead atoms. The Bertz CT molecular complexity index is 259. The van der Waals surface area contributed by atoms with Crippen molar-refractivity contribution in [2.24, 2.45) is 5.41 Å². The number of carbonyl (C=O) groups excluding carboxylic acids is 1. The Labute approximate surface area is 98.6 Å². The second kappa shape index (κ2) is 4.74. The minimum atomic E-state index is -0.0460.